The molecule has 0 amide bonds. The molecule has 3 unspecified atom stereocenters. The normalized spacial score (nSPS) is 23.6. The Hall–Kier alpha value is -1.86. The van der Waals surface area contributed by atoms with Crippen LogP contribution in [0.4, 0.5) is 0 Å². The number of carbonyl (C=O) groups excluding carboxylic acids is 1. The van der Waals surface area contributed by atoms with Gasteiger partial charge in [-0.05, 0) is 25.8 Å². The number of nitriles is 1. The van der Waals surface area contributed by atoms with Crippen molar-refractivity contribution in [1.29, 1.82) is 5.26 Å². The Balaban J connectivity index is 2.25. The van der Waals surface area contributed by atoms with Gasteiger partial charge in [-0.1, -0.05) is 18.2 Å². The summed E-state index contributed by atoms with van der Waals surface area (Å²) < 4.78 is 10.8. The van der Waals surface area contributed by atoms with Crippen LogP contribution in [0.25, 0.3) is 0 Å². The van der Waals surface area contributed by atoms with Gasteiger partial charge in [-0.15, -0.1) is 0 Å². The highest BCUT2D eigenvalue weighted by Gasteiger charge is 2.34. The third-order valence-corrected chi connectivity index (χ3v) is 3.41. The van der Waals surface area contributed by atoms with Crippen molar-refractivity contribution in [3.05, 3.63) is 29.8 Å². The molecule has 1 aromatic carbocycles. The lowest BCUT2D eigenvalue weighted by atomic mass is 9.91. The predicted octanol–water partition coefficient (Wildman–Crippen LogP) is 2.44. The smallest absolute Gasteiger partial charge is 0.183 e. The van der Waals surface area contributed by atoms with Crippen LogP contribution in [-0.2, 0) is 9.53 Å². The van der Waals surface area contributed by atoms with Gasteiger partial charge in [0.2, 0.25) is 0 Å². The van der Waals surface area contributed by atoms with Gasteiger partial charge < -0.3 is 9.47 Å². The molecule has 2 rings (SSSR count). The molecule has 1 fully saturated rings. The summed E-state index contributed by atoms with van der Waals surface area (Å²) in [4.78, 5) is 12.4. The summed E-state index contributed by atoms with van der Waals surface area (Å²) in [6.07, 6.45) is 1.17. The molecule has 1 aromatic rings. The number of rotatable bonds is 4. The Morgan fingerprint density at radius 2 is 2.21 bits per heavy atom. The molecule has 0 saturated carbocycles. The van der Waals surface area contributed by atoms with E-state index in [9.17, 15) is 10.1 Å². The molecular formula is C15H17NO3. The fraction of sp³-hybridized carbons (Fsp3) is 0.467. The summed E-state index contributed by atoms with van der Waals surface area (Å²) >= 11 is 0. The molecule has 0 N–H and O–H groups in total. The lowest BCUT2D eigenvalue weighted by Crippen LogP contribution is -2.26. The van der Waals surface area contributed by atoms with Crippen molar-refractivity contribution in [2.24, 2.45) is 0 Å². The topological polar surface area (TPSA) is 59.3 Å². The Labute approximate surface area is 112 Å². The second-order valence-corrected chi connectivity index (χ2v) is 4.72. The van der Waals surface area contributed by atoms with E-state index in [1.54, 1.807) is 18.2 Å². The lowest BCUT2D eigenvalue weighted by Gasteiger charge is -2.16. The number of ether oxygens (including phenoxy) is 2. The minimum atomic E-state index is -0.827. The van der Waals surface area contributed by atoms with Crippen LogP contribution < -0.4 is 4.74 Å². The lowest BCUT2D eigenvalue weighted by molar-refractivity contribution is -0.129. The van der Waals surface area contributed by atoms with E-state index in [0.717, 1.165) is 6.42 Å². The van der Waals surface area contributed by atoms with Crippen molar-refractivity contribution >= 4 is 5.78 Å². The third-order valence-electron chi connectivity index (χ3n) is 3.41. The number of Topliss-reactive ketones (excluding diaryl/α,β-unsaturated/α-hetero) is 1. The van der Waals surface area contributed by atoms with E-state index < -0.39 is 12.0 Å². The first kappa shape index (κ1) is 13.6. The standard InChI is InChI=1S/C15H17NO3/c1-10-7-8-14(19-10)15(17)12(9-16)11-5-3-4-6-13(11)18-2/h3-6,10,12,14H,7-8H2,1-2H3. The van der Waals surface area contributed by atoms with Crippen LogP contribution >= 0.6 is 0 Å². The summed E-state index contributed by atoms with van der Waals surface area (Å²) in [5.41, 5.74) is 0.612. The van der Waals surface area contributed by atoms with E-state index in [4.69, 9.17) is 9.47 Å². The Morgan fingerprint density at radius 1 is 1.47 bits per heavy atom. The molecular weight excluding hydrogens is 242 g/mol. The monoisotopic (exact) mass is 259 g/mol. The van der Waals surface area contributed by atoms with Gasteiger partial charge in [0.15, 0.2) is 5.78 Å². The van der Waals surface area contributed by atoms with Crippen molar-refractivity contribution < 1.29 is 14.3 Å². The maximum absolute atomic E-state index is 12.4. The van der Waals surface area contributed by atoms with Crippen LogP contribution in [0, 0.1) is 11.3 Å². The zero-order valence-electron chi connectivity index (χ0n) is 11.1. The quantitative estimate of drug-likeness (QED) is 0.833. The highest BCUT2D eigenvalue weighted by atomic mass is 16.5. The summed E-state index contributed by atoms with van der Waals surface area (Å²) in [5.74, 6) is -0.434. The SMILES string of the molecule is COc1ccccc1C(C#N)C(=O)C1CCC(C)O1. The van der Waals surface area contributed by atoms with E-state index >= 15 is 0 Å². The van der Waals surface area contributed by atoms with E-state index in [1.165, 1.54) is 7.11 Å². The predicted molar refractivity (Wildman–Crippen MR) is 69.9 cm³/mol. The fourth-order valence-corrected chi connectivity index (χ4v) is 2.39. The number of para-hydroxylation sites is 1. The van der Waals surface area contributed by atoms with E-state index in [1.807, 2.05) is 13.0 Å². The second-order valence-electron chi connectivity index (χ2n) is 4.72. The van der Waals surface area contributed by atoms with Gasteiger partial charge in [0, 0.05) is 5.56 Å². The maximum atomic E-state index is 12.4. The van der Waals surface area contributed by atoms with Gasteiger partial charge in [-0.3, -0.25) is 4.79 Å². The number of ketones is 1. The molecule has 4 nitrogen and oxygen atoms in total. The van der Waals surface area contributed by atoms with Crippen molar-refractivity contribution in [2.75, 3.05) is 7.11 Å². The summed E-state index contributed by atoms with van der Waals surface area (Å²) in [7, 11) is 1.53. The Morgan fingerprint density at radius 3 is 2.79 bits per heavy atom. The Kier molecular flexibility index (Phi) is 4.18. The van der Waals surface area contributed by atoms with Crippen molar-refractivity contribution in [2.45, 2.75) is 37.9 Å². The minimum absolute atomic E-state index is 0.0889. The van der Waals surface area contributed by atoms with E-state index in [-0.39, 0.29) is 11.9 Å². The number of hydrogen-bond donors (Lipinski definition) is 0. The Bertz CT molecular complexity index is 506. The molecule has 0 aromatic heterocycles. The third kappa shape index (κ3) is 2.77. The van der Waals surface area contributed by atoms with Crippen LogP contribution in [-0.4, -0.2) is 25.1 Å². The highest BCUT2D eigenvalue weighted by molar-refractivity contribution is 5.92. The molecule has 1 aliphatic heterocycles. The number of benzene rings is 1. The molecule has 1 aliphatic rings. The number of hydrogen-bond acceptors (Lipinski definition) is 4. The highest BCUT2D eigenvalue weighted by Crippen LogP contribution is 2.31. The van der Waals surface area contributed by atoms with Gasteiger partial charge in [0.05, 0.1) is 19.3 Å². The van der Waals surface area contributed by atoms with E-state index in [2.05, 4.69) is 6.07 Å². The van der Waals surface area contributed by atoms with Crippen molar-refractivity contribution in [3.63, 3.8) is 0 Å². The van der Waals surface area contributed by atoms with Gasteiger partial charge in [0.25, 0.3) is 0 Å². The molecule has 0 spiro atoms. The molecule has 1 saturated heterocycles. The van der Waals surface area contributed by atoms with Crippen molar-refractivity contribution in [1.82, 2.24) is 0 Å². The molecule has 4 heteroatoms. The van der Waals surface area contributed by atoms with Gasteiger partial charge in [-0.2, -0.15) is 5.26 Å². The molecule has 100 valence electrons. The van der Waals surface area contributed by atoms with Crippen LogP contribution in [0.5, 0.6) is 5.75 Å². The molecule has 3 atom stereocenters. The molecule has 1 heterocycles. The first-order valence-corrected chi connectivity index (χ1v) is 6.39. The van der Waals surface area contributed by atoms with Crippen LogP contribution in [0.1, 0.15) is 31.2 Å². The largest absolute Gasteiger partial charge is 0.496 e. The van der Waals surface area contributed by atoms with Crippen LogP contribution in [0.2, 0.25) is 0 Å². The van der Waals surface area contributed by atoms with Gasteiger partial charge in [-0.25, -0.2) is 0 Å². The maximum Gasteiger partial charge on any atom is 0.183 e. The number of nitrogens with zero attached hydrogens (tertiary/aromatic N) is 1. The number of carbonyl (C=O) groups is 1. The van der Waals surface area contributed by atoms with E-state index in [0.29, 0.717) is 17.7 Å². The average Bonchev–Trinajstić information content (AvgIpc) is 2.86. The molecule has 0 bridgehead atoms. The first-order chi connectivity index (χ1) is 9.17. The molecule has 19 heavy (non-hydrogen) atoms. The summed E-state index contributed by atoms with van der Waals surface area (Å²) in [5, 5.41) is 9.31. The van der Waals surface area contributed by atoms with Crippen LogP contribution in [0.15, 0.2) is 24.3 Å². The number of methoxy groups -OCH3 is 1. The summed E-state index contributed by atoms with van der Waals surface area (Å²) in [6.45, 7) is 1.94. The fourth-order valence-electron chi connectivity index (χ4n) is 2.39. The first-order valence-electron chi connectivity index (χ1n) is 6.39. The van der Waals surface area contributed by atoms with Crippen LogP contribution in [0.3, 0.4) is 0 Å². The molecule has 0 radical (unpaired) electrons. The van der Waals surface area contributed by atoms with Gasteiger partial charge in [0.1, 0.15) is 17.8 Å². The summed E-state index contributed by atoms with van der Waals surface area (Å²) in [6, 6.07) is 9.20. The van der Waals surface area contributed by atoms with Gasteiger partial charge >= 0.3 is 0 Å². The van der Waals surface area contributed by atoms with Crippen molar-refractivity contribution in [3.8, 4) is 11.8 Å². The second kappa shape index (κ2) is 5.85. The average molecular weight is 259 g/mol. The molecule has 0 aliphatic carbocycles. The zero-order valence-corrected chi connectivity index (χ0v) is 11.1. The zero-order chi connectivity index (χ0) is 13.8. The minimum Gasteiger partial charge on any atom is -0.496 e.